The maximum absolute atomic E-state index is 12.8. The van der Waals surface area contributed by atoms with Gasteiger partial charge in [0.1, 0.15) is 4.61 Å². The number of benzene rings is 1. The molecule has 0 aliphatic heterocycles. The SMILES string of the molecule is COc1ccc(C2(C(=O)NCCCn3cncc3C)CC2)cc1OCI. The van der Waals surface area contributed by atoms with Crippen LogP contribution in [0.15, 0.2) is 30.7 Å². The molecular weight excluding hydrogens is 445 g/mol. The van der Waals surface area contributed by atoms with E-state index in [1.807, 2.05) is 37.6 Å². The number of hydrogen-bond donors (Lipinski definition) is 1. The number of ether oxygens (including phenoxy) is 2. The summed E-state index contributed by atoms with van der Waals surface area (Å²) in [5.41, 5.74) is 1.72. The van der Waals surface area contributed by atoms with Crippen molar-refractivity contribution in [2.75, 3.05) is 18.3 Å². The first-order valence-electron chi connectivity index (χ1n) is 8.73. The largest absolute Gasteiger partial charge is 0.493 e. The normalized spacial score (nSPS) is 14.7. The first-order valence-corrected chi connectivity index (χ1v) is 10.3. The van der Waals surface area contributed by atoms with E-state index in [-0.39, 0.29) is 5.91 Å². The first-order chi connectivity index (χ1) is 12.6. The molecule has 0 spiro atoms. The van der Waals surface area contributed by atoms with E-state index in [0.717, 1.165) is 37.1 Å². The van der Waals surface area contributed by atoms with Gasteiger partial charge in [0.25, 0.3) is 0 Å². The number of rotatable bonds is 9. The summed E-state index contributed by atoms with van der Waals surface area (Å²) in [6, 6.07) is 5.80. The fraction of sp³-hybridized carbons (Fsp3) is 0.474. The van der Waals surface area contributed by atoms with Gasteiger partial charge in [-0.3, -0.25) is 4.79 Å². The quantitative estimate of drug-likeness (QED) is 0.348. The molecule has 0 radical (unpaired) electrons. The fourth-order valence-electron chi connectivity index (χ4n) is 3.16. The summed E-state index contributed by atoms with van der Waals surface area (Å²) in [4.78, 5) is 16.9. The van der Waals surface area contributed by atoms with E-state index in [9.17, 15) is 4.79 Å². The number of aromatic nitrogens is 2. The summed E-state index contributed by atoms with van der Waals surface area (Å²) in [6.45, 7) is 3.55. The zero-order valence-electron chi connectivity index (χ0n) is 15.1. The van der Waals surface area contributed by atoms with Crippen LogP contribution >= 0.6 is 22.6 Å². The number of halogens is 1. The second kappa shape index (κ2) is 8.28. The fourth-order valence-corrected chi connectivity index (χ4v) is 3.49. The third-order valence-corrected chi connectivity index (χ3v) is 5.20. The van der Waals surface area contributed by atoms with Gasteiger partial charge >= 0.3 is 0 Å². The second-order valence-corrected chi connectivity index (χ2v) is 7.16. The Morgan fingerprint density at radius 1 is 1.38 bits per heavy atom. The van der Waals surface area contributed by atoms with Crippen LogP contribution in [-0.2, 0) is 16.8 Å². The number of imidazole rings is 1. The first kappa shape index (κ1) is 19.0. The Bertz CT molecular complexity index is 771. The van der Waals surface area contributed by atoms with Crippen molar-refractivity contribution in [1.82, 2.24) is 14.9 Å². The lowest BCUT2D eigenvalue weighted by atomic mass is 9.94. The van der Waals surface area contributed by atoms with E-state index in [1.54, 1.807) is 7.11 Å². The lowest BCUT2D eigenvalue weighted by Gasteiger charge is -2.18. The Labute approximate surface area is 167 Å². The third kappa shape index (κ3) is 3.97. The average Bonchev–Trinajstić information content (AvgIpc) is 3.36. The van der Waals surface area contributed by atoms with Crippen molar-refractivity contribution in [3.8, 4) is 11.5 Å². The van der Waals surface area contributed by atoms with Gasteiger partial charge in [0, 0.05) is 25.0 Å². The predicted octanol–water partition coefficient (Wildman–Crippen LogP) is 3.21. The van der Waals surface area contributed by atoms with Crippen molar-refractivity contribution in [3.05, 3.63) is 42.0 Å². The van der Waals surface area contributed by atoms with Crippen molar-refractivity contribution >= 4 is 28.5 Å². The molecule has 1 aromatic carbocycles. The van der Waals surface area contributed by atoms with E-state index < -0.39 is 5.41 Å². The van der Waals surface area contributed by atoms with Crippen molar-refractivity contribution in [1.29, 1.82) is 0 Å². The van der Waals surface area contributed by atoms with Crippen LogP contribution in [0.5, 0.6) is 11.5 Å². The molecule has 1 saturated carbocycles. The van der Waals surface area contributed by atoms with Crippen molar-refractivity contribution in [3.63, 3.8) is 0 Å². The second-order valence-electron chi connectivity index (χ2n) is 6.54. The molecule has 1 aromatic heterocycles. The molecule has 0 atom stereocenters. The van der Waals surface area contributed by atoms with Gasteiger partial charge in [0.15, 0.2) is 11.5 Å². The Morgan fingerprint density at radius 3 is 2.81 bits per heavy atom. The van der Waals surface area contributed by atoms with Gasteiger partial charge in [-0.2, -0.15) is 0 Å². The van der Waals surface area contributed by atoms with Crippen molar-refractivity contribution < 1.29 is 14.3 Å². The Morgan fingerprint density at radius 2 is 2.19 bits per heavy atom. The minimum absolute atomic E-state index is 0.102. The topological polar surface area (TPSA) is 65.4 Å². The Balaban J connectivity index is 1.60. The third-order valence-electron chi connectivity index (χ3n) is 4.89. The van der Waals surface area contributed by atoms with Crippen LogP contribution in [0.1, 0.15) is 30.5 Å². The minimum Gasteiger partial charge on any atom is -0.493 e. The number of hydrogen-bond acceptors (Lipinski definition) is 4. The lowest BCUT2D eigenvalue weighted by Crippen LogP contribution is -2.35. The lowest BCUT2D eigenvalue weighted by molar-refractivity contribution is -0.123. The molecular formula is C19H24IN3O3. The maximum Gasteiger partial charge on any atom is 0.230 e. The number of aryl methyl sites for hydroxylation is 2. The van der Waals surface area contributed by atoms with Crippen LogP contribution < -0.4 is 14.8 Å². The molecule has 2 aromatic rings. The number of nitrogens with one attached hydrogen (secondary N) is 1. The molecule has 1 amide bonds. The zero-order valence-corrected chi connectivity index (χ0v) is 17.3. The number of carbonyl (C=O) groups is 1. The van der Waals surface area contributed by atoms with Gasteiger partial charge in [-0.15, -0.1) is 0 Å². The minimum atomic E-state index is -0.416. The van der Waals surface area contributed by atoms with E-state index in [4.69, 9.17) is 9.47 Å². The molecule has 1 N–H and O–H groups in total. The molecule has 0 saturated heterocycles. The molecule has 0 unspecified atom stereocenters. The molecule has 6 nitrogen and oxygen atoms in total. The molecule has 1 fully saturated rings. The van der Waals surface area contributed by atoms with Gasteiger partial charge in [-0.05, 0) is 66.5 Å². The number of amides is 1. The highest BCUT2D eigenvalue weighted by atomic mass is 127. The van der Waals surface area contributed by atoms with Gasteiger partial charge in [0.05, 0.1) is 18.9 Å². The summed E-state index contributed by atoms with van der Waals surface area (Å²) in [7, 11) is 1.62. The Kier molecular flexibility index (Phi) is 6.05. The van der Waals surface area contributed by atoms with Crippen LogP contribution in [0.3, 0.4) is 0 Å². The van der Waals surface area contributed by atoms with Gasteiger partial charge in [0.2, 0.25) is 5.91 Å². The van der Waals surface area contributed by atoms with Crippen LogP contribution in [-0.4, -0.2) is 33.7 Å². The molecule has 0 bridgehead atoms. The number of nitrogens with zero attached hydrogens (tertiary/aromatic N) is 2. The molecule has 7 heteroatoms. The Hall–Kier alpha value is -1.77. The molecule has 1 heterocycles. The number of carbonyl (C=O) groups excluding carboxylic acids is 1. The molecule has 1 aliphatic rings. The molecule has 26 heavy (non-hydrogen) atoms. The molecule has 3 rings (SSSR count). The predicted molar refractivity (Wildman–Crippen MR) is 108 cm³/mol. The van der Waals surface area contributed by atoms with Crippen LogP contribution in [0.2, 0.25) is 0 Å². The average molecular weight is 469 g/mol. The molecule has 1 aliphatic carbocycles. The summed E-state index contributed by atoms with van der Waals surface area (Å²) >= 11 is 2.15. The van der Waals surface area contributed by atoms with E-state index in [1.165, 1.54) is 0 Å². The summed E-state index contributed by atoms with van der Waals surface area (Å²) in [6.07, 6.45) is 6.29. The van der Waals surface area contributed by atoms with Gasteiger partial charge in [-0.1, -0.05) is 6.07 Å². The van der Waals surface area contributed by atoms with E-state index in [2.05, 4.69) is 37.5 Å². The summed E-state index contributed by atoms with van der Waals surface area (Å²) in [5.74, 6) is 1.48. The summed E-state index contributed by atoms with van der Waals surface area (Å²) < 4.78 is 13.6. The highest BCUT2D eigenvalue weighted by Crippen LogP contribution is 2.50. The standard InChI is InChI=1S/C19H24IN3O3/c1-14-11-21-13-23(14)9-3-8-22-18(24)19(6-7-19)15-4-5-16(25-2)17(10-15)26-12-20/h4-5,10-11,13H,3,6-9,12H2,1-2H3,(H,22,24). The van der Waals surface area contributed by atoms with Crippen molar-refractivity contribution in [2.45, 2.75) is 38.1 Å². The van der Waals surface area contributed by atoms with E-state index in [0.29, 0.717) is 22.7 Å². The molecule has 140 valence electrons. The summed E-state index contributed by atoms with van der Waals surface area (Å²) in [5, 5.41) is 3.10. The number of methoxy groups -OCH3 is 1. The van der Waals surface area contributed by atoms with Crippen LogP contribution in [0, 0.1) is 6.92 Å². The van der Waals surface area contributed by atoms with Gasteiger partial charge in [-0.25, -0.2) is 4.98 Å². The maximum atomic E-state index is 12.8. The smallest absolute Gasteiger partial charge is 0.230 e. The van der Waals surface area contributed by atoms with Crippen LogP contribution in [0.25, 0.3) is 0 Å². The number of alkyl halides is 1. The highest BCUT2D eigenvalue weighted by Gasteiger charge is 2.51. The van der Waals surface area contributed by atoms with E-state index >= 15 is 0 Å². The highest BCUT2D eigenvalue weighted by molar-refractivity contribution is 14.1. The van der Waals surface area contributed by atoms with Crippen molar-refractivity contribution in [2.24, 2.45) is 0 Å². The zero-order chi connectivity index (χ0) is 18.6. The monoisotopic (exact) mass is 469 g/mol. The van der Waals surface area contributed by atoms with Gasteiger partial charge < -0.3 is 19.4 Å². The van der Waals surface area contributed by atoms with Crippen LogP contribution in [0.4, 0.5) is 0 Å².